The van der Waals surface area contributed by atoms with E-state index in [4.69, 9.17) is 0 Å². The van der Waals surface area contributed by atoms with E-state index in [-0.39, 0.29) is 29.6 Å². The molecule has 1 heterocycles. The Morgan fingerprint density at radius 2 is 1.72 bits per heavy atom. The topological polar surface area (TPSA) is 79.6 Å². The first kappa shape index (κ1) is 22.4. The van der Waals surface area contributed by atoms with Crippen LogP contribution in [0.3, 0.4) is 0 Å². The first-order valence-electron chi connectivity index (χ1n) is 9.85. The lowest BCUT2D eigenvalue weighted by Gasteiger charge is -2.26. The number of amides is 2. The van der Waals surface area contributed by atoms with Crippen LogP contribution in [0, 0.1) is 6.92 Å². The van der Waals surface area contributed by atoms with Crippen molar-refractivity contribution in [1.82, 2.24) is 19.2 Å². The molecule has 0 aliphatic rings. The second kappa shape index (κ2) is 9.56. The Kier molecular flexibility index (Phi) is 7.39. The van der Waals surface area contributed by atoms with E-state index < -0.39 is 6.04 Å². The maximum absolute atomic E-state index is 12.9. The number of carbonyl (C=O) groups is 2. The van der Waals surface area contributed by atoms with Gasteiger partial charge in [0.15, 0.2) is 0 Å². The second-order valence-corrected chi connectivity index (χ2v) is 7.08. The molecule has 8 nitrogen and oxygen atoms in total. The van der Waals surface area contributed by atoms with E-state index in [1.54, 1.807) is 42.4 Å². The Morgan fingerprint density at radius 3 is 2.28 bits per heavy atom. The van der Waals surface area contributed by atoms with Gasteiger partial charge < -0.3 is 10.2 Å². The Hall–Kier alpha value is -2.87. The van der Waals surface area contributed by atoms with Gasteiger partial charge in [-0.05, 0) is 46.9 Å². The average Bonchev–Trinajstić information content (AvgIpc) is 2.92. The molecule has 2 aromatic rings. The summed E-state index contributed by atoms with van der Waals surface area (Å²) in [6, 6.07) is 8.69. The molecule has 2 rings (SSSR count). The normalized spacial score (nSPS) is 12.1. The molecule has 1 N–H and O–H groups in total. The van der Waals surface area contributed by atoms with Crippen LogP contribution < -0.4 is 10.9 Å². The third-order valence-electron chi connectivity index (χ3n) is 5.34. The molecule has 0 saturated carbocycles. The van der Waals surface area contributed by atoms with Crippen molar-refractivity contribution in [2.75, 3.05) is 32.0 Å². The van der Waals surface area contributed by atoms with Gasteiger partial charge in [0, 0.05) is 20.1 Å². The molecule has 29 heavy (non-hydrogen) atoms. The lowest BCUT2D eigenvalue weighted by atomic mass is 10.2. The number of aromatic nitrogens is 2. The van der Waals surface area contributed by atoms with E-state index in [1.807, 2.05) is 44.2 Å². The number of hydrogen-bond acceptors (Lipinski definition) is 4. The van der Waals surface area contributed by atoms with Crippen LogP contribution in [0.1, 0.15) is 26.5 Å². The van der Waals surface area contributed by atoms with Crippen LogP contribution in [0.4, 0.5) is 5.69 Å². The van der Waals surface area contributed by atoms with Gasteiger partial charge in [0.05, 0.1) is 24.0 Å². The lowest BCUT2D eigenvalue weighted by Crippen LogP contribution is -2.46. The van der Waals surface area contributed by atoms with E-state index in [0.29, 0.717) is 18.8 Å². The van der Waals surface area contributed by atoms with Crippen molar-refractivity contribution < 1.29 is 9.59 Å². The van der Waals surface area contributed by atoms with Gasteiger partial charge in [-0.3, -0.25) is 24.0 Å². The third-order valence-corrected chi connectivity index (χ3v) is 5.34. The molecule has 0 saturated heterocycles. The minimum atomic E-state index is -0.571. The molecule has 1 atom stereocenters. The zero-order valence-corrected chi connectivity index (χ0v) is 18.1. The molecule has 1 aromatic heterocycles. The van der Waals surface area contributed by atoms with Gasteiger partial charge in [-0.25, -0.2) is 4.68 Å². The van der Waals surface area contributed by atoms with E-state index in [2.05, 4.69) is 5.32 Å². The molecule has 158 valence electrons. The summed E-state index contributed by atoms with van der Waals surface area (Å²) in [6.45, 7) is 8.75. The molecule has 1 aromatic carbocycles. The molecule has 0 fully saturated rings. The quantitative estimate of drug-likeness (QED) is 0.729. The molecule has 0 aliphatic carbocycles. The number of likely N-dealkylation sites (N-methyl/N-ethyl adjacent to an activating group) is 2. The van der Waals surface area contributed by atoms with Crippen molar-refractivity contribution >= 4 is 17.5 Å². The molecule has 8 heteroatoms. The van der Waals surface area contributed by atoms with Crippen molar-refractivity contribution in [1.29, 1.82) is 0 Å². The number of nitrogens with one attached hydrogen (secondary N) is 1. The van der Waals surface area contributed by atoms with Gasteiger partial charge in [0.1, 0.15) is 5.69 Å². The second-order valence-electron chi connectivity index (χ2n) is 7.08. The van der Waals surface area contributed by atoms with Crippen LogP contribution in [0.25, 0.3) is 5.69 Å². The highest BCUT2D eigenvalue weighted by atomic mass is 16.2. The average molecular weight is 402 g/mol. The van der Waals surface area contributed by atoms with Gasteiger partial charge in [-0.15, -0.1) is 0 Å². The molecule has 0 aliphatic heterocycles. The van der Waals surface area contributed by atoms with Gasteiger partial charge in [-0.2, -0.15) is 0 Å². The highest BCUT2D eigenvalue weighted by Crippen LogP contribution is 2.14. The van der Waals surface area contributed by atoms with E-state index in [9.17, 15) is 14.4 Å². The molecule has 0 bridgehead atoms. The number of carbonyl (C=O) groups excluding carboxylic acids is 2. The predicted octanol–water partition coefficient (Wildman–Crippen LogP) is 1.61. The molecule has 2 amide bonds. The molecular formula is C21H31N5O3. The van der Waals surface area contributed by atoms with Gasteiger partial charge in [0.25, 0.3) is 5.56 Å². The van der Waals surface area contributed by atoms with Crippen molar-refractivity contribution in [3.63, 3.8) is 0 Å². The Morgan fingerprint density at radius 1 is 1.14 bits per heavy atom. The lowest BCUT2D eigenvalue weighted by molar-refractivity contribution is -0.133. The van der Waals surface area contributed by atoms with Gasteiger partial charge in [-0.1, -0.05) is 18.2 Å². The fraction of sp³-hybridized carbons (Fsp3) is 0.476. The Balaban J connectivity index is 2.18. The largest absolute Gasteiger partial charge is 0.342 e. The molecule has 0 radical (unpaired) electrons. The molecule has 0 spiro atoms. The number of para-hydroxylation sites is 1. The van der Waals surface area contributed by atoms with Gasteiger partial charge >= 0.3 is 0 Å². The molecule has 1 unspecified atom stereocenters. The maximum atomic E-state index is 12.9. The zero-order chi connectivity index (χ0) is 21.7. The number of rotatable bonds is 8. The van der Waals surface area contributed by atoms with Crippen molar-refractivity contribution in [3.05, 3.63) is 46.4 Å². The summed E-state index contributed by atoms with van der Waals surface area (Å²) in [7, 11) is 3.50. The summed E-state index contributed by atoms with van der Waals surface area (Å²) in [5.41, 5.74) is 1.33. The monoisotopic (exact) mass is 401 g/mol. The zero-order valence-electron chi connectivity index (χ0n) is 18.1. The summed E-state index contributed by atoms with van der Waals surface area (Å²) >= 11 is 0. The Bertz CT molecular complexity index is 912. The predicted molar refractivity (Wildman–Crippen MR) is 114 cm³/mol. The summed E-state index contributed by atoms with van der Waals surface area (Å²) in [6.07, 6.45) is 0. The van der Waals surface area contributed by atoms with Crippen LogP contribution >= 0.6 is 0 Å². The summed E-state index contributed by atoms with van der Waals surface area (Å²) in [4.78, 5) is 41.4. The van der Waals surface area contributed by atoms with Crippen molar-refractivity contribution in [2.45, 2.75) is 33.7 Å². The fourth-order valence-electron chi connectivity index (χ4n) is 3.17. The molecular weight excluding hydrogens is 370 g/mol. The number of benzene rings is 1. The maximum Gasteiger partial charge on any atom is 0.295 e. The minimum Gasteiger partial charge on any atom is -0.342 e. The smallest absolute Gasteiger partial charge is 0.295 e. The van der Waals surface area contributed by atoms with E-state index in [0.717, 1.165) is 5.69 Å². The SMILES string of the molecule is CCN(CC)C(=O)CN(C)C(C)C(=O)Nc1c(C)n(C)n(-c2ccccc2)c1=O. The summed E-state index contributed by atoms with van der Waals surface area (Å²) in [5, 5.41) is 2.76. The third kappa shape index (κ3) is 4.76. The highest BCUT2D eigenvalue weighted by Gasteiger charge is 2.25. The number of nitrogens with zero attached hydrogens (tertiary/aromatic N) is 4. The highest BCUT2D eigenvalue weighted by molar-refractivity contribution is 5.95. The first-order chi connectivity index (χ1) is 13.7. The standard InChI is InChI=1S/C21H31N5O3/c1-7-25(8-2)18(27)14-23(5)16(4)20(28)22-19-15(3)24(6)26(21(19)29)17-12-10-9-11-13-17/h9-13,16H,7-8,14H2,1-6H3,(H,22,28). The van der Waals surface area contributed by atoms with E-state index in [1.165, 1.54) is 4.68 Å². The van der Waals surface area contributed by atoms with Crippen LogP contribution in [0.15, 0.2) is 35.1 Å². The Labute approximate surface area is 171 Å². The van der Waals surface area contributed by atoms with Crippen LogP contribution in [-0.2, 0) is 16.6 Å². The number of hydrogen-bond donors (Lipinski definition) is 1. The fourth-order valence-corrected chi connectivity index (χ4v) is 3.17. The summed E-state index contributed by atoms with van der Waals surface area (Å²) in [5.74, 6) is -0.356. The minimum absolute atomic E-state index is 0.0283. The summed E-state index contributed by atoms with van der Waals surface area (Å²) < 4.78 is 3.23. The van der Waals surface area contributed by atoms with E-state index >= 15 is 0 Å². The van der Waals surface area contributed by atoms with Crippen LogP contribution in [0.2, 0.25) is 0 Å². The first-order valence-corrected chi connectivity index (χ1v) is 9.85. The van der Waals surface area contributed by atoms with Gasteiger partial charge in [0.2, 0.25) is 11.8 Å². The van der Waals surface area contributed by atoms with Crippen LogP contribution in [0.5, 0.6) is 0 Å². The van der Waals surface area contributed by atoms with Crippen LogP contribution in [-0.4, -0.2) is 63.7 Å². The number of anilines is 1. The van der Waals surface area contributed by atoms with Crippen molar-refractivity contribution in [3.8, 4) is 5.69 Å². The van der Waals surface area contributed by atoms with Crippen molar-refractivity contribution in [2.24, 2.45) is 7.05 Å².